The molecule has 1 aliphatic heterocycles. The van der Waals surface area contributed by atoms with Gasteiger partial charge in [0.25, 0.3) is 5.91 Å². The van der Waals surface area contributed by atoms with Crippen molar-refractivity contribution < 1.29 is 9.59 Å². The van der Waals surface area contributed by atoms with Crippen LogP contribution < -0.4 is 5.32 Å². The first-order valence-electron chi connectivity index (χ1n) is 12.2. The molecule has 1 aliphatic rings. The zero-order valence-corrected chi connectivity index (χ0v) is 20.0. The van der Waals surface area contributed by atoms with Gasteiger partial charge in [-0.2, -0.15) is 0 Å². The number of hydrogen-bond donors (Lipinski definition) is 1. The number of rotatable bonds is 7. The fourth-order valence-corrected chi connectivity index (χ4v) is 4.61. The van der Waals surface area contributed by atoms with Crippen LogP contribution in [0, 0.1) is 12.8 Å². The van der Waals surface area contributed by atoms with Crippen molar-refractivity contribution in [2.45, 2.75) is 45.6 Å². The molecule has 4 rings (SSSR count). The SMILES string of the molecule is Cc1ccccc1-c1ncccc1C(=O)N1CCC(C(=O)N[C@@H](C)CCc2ccccc2)CC1. The zero-order valence-electron chi connectivity index (χ0n) is 20.0. The van der Waals surface area contributed by atoms with Crippen LogP contribution in [-0.2, 0) is 11.2 Å². The van der Waals surface area contributed by atoms with E-state index < -0.39 is 0 Å². The molecule has 0 saturated carbocycles. The first kappa shape index (κ1) is 23.7. The van der Waals surface area contributed by atoms with Gasteiger partial charge in [0, 0.05) is 36.8 Å². The summed E-state index contributed by atoms with van der Waals surface area (Å²) >= 11 is 0. The maximum absolute atomic E-state index is 13.4. The van der Waals surface area contributed by atoms with E-state index in [2.05, 4.69) is 29.4 Å². The first-order chi connectivity index (χ1) is 16.5. The molecule has 34 heavy (non-hydrogen) atoms. The number of likely N-dealkylation sites (tertiary alicyclic amines) is 1. The van der Waals surface area contributed by atoms with Crippen LogP contribution in [0.4, 0.5) is 0 Å². The number of benzene rings is 2. The Hall–Kier alpha value is -3.47. The lowest BCUT2D eigenvalue weighted by atomic mass is 9.94. The molecule has 2 amide bonds. The molecule has 176 valence electrons. The molecular weight excluding hydrogens is 422 g/mol. The number of carbonyl (C=O) groups excluding carboxylic acids is 2. The highest BCUT2D eigenvalue weighted by Crippen LogP contribution is 2.27. The molecule has 5 nitrogen and oxygen atoms in total. The number of piperidine rings is 1. The average Bonchev–Trinajstić information content (AvgIpc) is 2.88. The number of hydrogen-bond acceptors (Lipinski definition) is 3. The second-order valence-corrected chi connectivity index (χ2v) is 9.21. The first-order valence-corrected chi connectivity index (χ1v) is 12.2. The number of carbonyl (C=O) groups is 2. The predicted molar refractivity (Wildman–Crippen MR) is 135 cm³/mol. The van der Waals surface area contributed by atoms with Crippen molar-refractivity contribution in [1.82, 2.24) is 15.2 Å². The van der Waals surface area contributed by atoms with Crippen LogP contribution in [-0.4, -0.2) is 40.8 Å². The lowest BCUT2D eigenvalue weighted by Gasteiger charge is -2.32. The summed E-state index contributed by atoms with van der Waals surface area (Å²) < 4.78 is 0. The Morgan fingerprint density at radius 2 is 1.71 bits per heavy atom. The third-order valence-corrected chi connectivity index (χ3v) is 6.69. The summed E-state index contributed by atoms with van der Waals surface area (Å²) in [6.07, 6.45) is 4.96. The van der Waals surface area contributed by atoms with E-state index in [4.69, 9.17) is 0 Å². The largest absolute Gasteiger partial charge is 0.353 e. The van der Waals surface area contributed by atoms with Gasteiger partial charge in [0.2, 0.25) is 5.91 Å². The van der Waals surface area contributed by atoms with Crippen molar-refractivity contribution in [3.8, 4) is 11.3 Å². The molecule has 0 unspecified atom stereocenters. The predicted octanol–water partition coefficient (Wildman–Crippen LogP) is 5.05. The van der Waals surface area contributed by atoms with E-state index in [0.717, 1.165) is 29.7 Å². The molecule has 1 N–H and O–H groups in total. The van der Waals surface area contributed by atoms with Crippen LogP contribution in [0.3, 0.4) is 0 Å². The normalized spacial score (nSPS) is 15.1. The van der Waals surface area contributed by atoms with E-state index >= 15 is 0 Å². The van der Waals surface area contributed by atoms with E-state index in [9.17, 15) is 9.59 Å². The molecule has 5 heteroatoms. The van der Waals surface area contributed by atoms with Gasteiger partial charge in [-0.3, -0.25) is 14.6 Å². The molecule has 1 aromatic heterocycles. The number of aromatic nitrogens is 1. The molecule has 0 spiro atoms. The van der Waals surface area contributed by atoms with Crippen LogP contribution in [0.1, 0.15) is 47.7 Å². The van der Waals surface area contributed by atoms with E-state index in [-0.39, 0.29) is 23.8 Å². The zero-order chi connectivity index (χ0) is 23.9. The van der Waals surface area contributed by atoms with Crippen LogP contribution in [0.15, 0.2) is 72.9 Å². The summed E-state index contributed by atoms with van der Waals surface area (Å²) in [5.41, 5.74) is 4.69. The van der Waals surface area contributed by atoms with Crippen molar-refractivity contribution >= 4 is 11.8 Å². The van der Waals surface area contributed by atoms with E-state index in [0.29, 0.717) is 31.5 Å². The van der Waals surface area contributed by atoms with Gasteiger partial charge < -0.3 is 10.2 Å². The van der Waals surface area contributed by atoms with Crippen molar-refractivity contribution in [3.05, 3.63) is 89.6 Å². The molecule has 1 fully saturated rings. The standard InChI is InChI=1S/C29H33N3O2/c1-21-9-6-7-12-25(21)27-26(13-8-18-30-27)29(34)32-19-16-24(17-20-32)28(33)31-22(2)14-15-23-10-4-3-5-11-23/h3-13,18,22,24H,14-17,19-20H2,1-2H3,(H,31,33)/t22-/m0/s1. The van der Waals surface area contributed by atoms with Crippen molar-refractivity contribution in [2.75, 3.05) is 13.1 Å². The summed E-state index contributed by atoms with van der Waals surface area (Å²) in [5, 5.41) is 3.18. The van der Waals surface area contributed by atoms with Crippen molar-refractivity contribution in [1.29, 1.82) is 0 Å². The van der Waals surface area contributed by atoms with Crippen LogP contribution >= 0.6 is 0 Å². The van der Waals surface area contributed by atoms with Gasteiger partial charge in [-0.25, -0.2) is 0 Å². The fourth-order valence-electron chi connectivity index (χ4n) is 4.61. The highest BCUT2D eigenvalue weighted by atomic mass is 16.2. The van der Waals surface area contributed by atoms with Gasteiger partial charge in [-0.1, -0.05) is 54.6 Å². The molecule has 0 aliphatic carbocycles. The van der Waals surface area contributed by atoms with Gasteiger partial charge in [-0.15, -0.1) is 0 Å². The Morgan fingerprint density at radius 3 is 2.44 bits per heavy atom. The highest BCUT2D eigenvalue weighted by Gasteiger charge is 2.29. The van der Waals surface area contributed by atoms with Gasteiger partial charge in [0.1, 0.15) is 0 Å². The maximum Gasteiger partial charge on any atom is 0.256 e. The Balaban J connectivity index is 1.32. The van der Waals surface area contributed by atoms with Gasteiger partial charge >= 0.3 is 0 Å². The van der Waals surface area contributed by atoms with Crippen LogP contribution in [0.25, 0.3) is 11.3 Å². The third-order valence-electron chi connectivity index (χ3n) is 6.69. The van der Waals surface area contributed by atoms with Gasteiger partial charge in [0.15, 0.2) is 0 Å². The Labute approximate surface area is 202 Å². The number of nitrogens with one attached hydrogen (secondary N) is 1. The number of aryl methyl sites for hydroxylation is 2. The number of pyridine rings is 1. The highest BCUT2D eigenvalue weighted by molar-refractivity contribution is 6.00. The topological polar surface area (TPSA) is 62.3 Å². The molecule has 3 aromatic rings. The lowest BCUT2D eigenvalue weighted by molar-refractivity contribution is -0.126. The third kappa shape index (κ3) is 5.71. The van der Waals surface area contributed by atoms with Gasteiger partial charge in [-0.05, 0) is 62.8 Å². The molecule has 2 aromatic carbocycles. The molecular formula is C29H33N3O2. The minimum atomic E-state index is -0.0482. The minimum Gasteiger partial charge on any atom is -0.353 e. The van der Waals surface area contributed by atoms with Gasteiger partial charge in [0.05, 0.1) is 11.3 Å². The summed E-state index contributed by atoms with van der Waals surface area (Å²) in [5.74, 6) is 0.0454. The molecule has 0 bridgehead atoms. The summed E-state index contributed by atoms with van der Waals surface area (Å²) in [7, 11) is 0. The second kappa shape index (κ2) is 11.1. The van der Waals surface area contributed by atoms with E-state index in [1.807, 2.05) is 66.4 Å². The summed E-state index contributed by atoms with van der Waals surface area (Å²) in [4.78, 5) is 32.6. The van der Waals surface area contributed by atoms with E-state index in [1.54, 1.807) is 6.20 Å². The Bertz CT molecular complexity index is 1120. The Morgan fingerprint density at radius 1 is 1.00 bits per heavy atom. The average molecular weight is 456 g/mol. The molecule has 1 atom stereocenters. The summed E-state index contributed by atoms with van der Waals surface area (Å²) in [6, 6.07) is 22.1. The quantitative estimate of drug-likeness (QED) is 0.542. The monoisotopic (exact) mass is 455 g/mol. The molecule has 1 saturated heterocycles. The summed E-state index contributed by atoms with van der Waals surface area (Å²) in [6.45, 7) is 5.26. The smallest absolute Gasteiger partial charge is 0.256 e. The van der Waals surface area contributed by atoms with E-state index in [1.165, 1.54) is 5.56 Å². The molecule has 2 heterocycles. The number of amides is 2. The minimum absolute atomic E-state index is 0.0126. The van der Waals surface area contributed by atoms with Crippen molar-refractivity contribution in [2.24, 2.45) is 5.92 Å². The Kier molecular flexibility index (Phi) is 7.73. The maximum atomic E-state index is 13.4. The second-order valence-electron chi connectivity index (χ2n) is 9.21. The molecule has 0 radical (unpaired) electrons. The van der Waals surface area contributed by atoms with Crippen LogP contribution in [0.2, 0.25) is 0 Å². The van der Waals surface area contributed by atoms with Crippen molar-refractivity contribution in [3.63, 3.8) is 0 Å². The number of nitrogens with zero attached hydrogens (tertiary/aromatic N) is 2. The fraction of sp³-hybridized carbons (Fsp3) is 0.345. The lowest BCUT2D eigenvalue weighted by Crippen LogP contribution is -2.45. The van der Waals surface area contributed by atoms with Crippen LogP contribution in [0.5, 0.6) is 0 Å².